The van der Waals surface area contributed by atoms with Crippen LogP contribution in [-0.2, 0) is 17.0 Å². The van der Waals surface area contributed by atoms with Gasteiger partial charge in [0.2, 0.25) is 0 Å². The average Bonchev–Trinajstić information content (AvgIpc) is 2.73. The fourth-order valence-electron chi connectivity index (χ4n) is 2.67. The molecule has 0 spiro atoms. The number of thioether (sulfide) groups is 1. The molecule has 0 unspecified atom stereocenters. The number of carbonyl (C=O) groups is 1. The number of rotatable bonds is 9. The largest absolute Gasteiger partial charge is 0.491 e. The van der Waals surface area contributed by atoms with E-state index in [-0.39, 0.29) is 0 Å². The Morgan fingerprint density at radius 2 is 1.77 bits per heavy atom. The maximum Gasteiger partial charge on any atom is 0.328 e. The predicted octanol–water partition coefficient (Wildman–Crippen LogP) is 6.40. The SMILES string of the molecule is O=C(O)C=Cc1nc(CSc2c(Cl)cccc2Cl)ccc1OCCc1ccccc1. The Morgan fingerprint density at radius 3 is 2.47 bits per heavy atom. The Hall–Kier alpha value is -2.47. The smallest absolute Gasteiger partial charge is 0.328 e. The van der Waals surface area contributed by atoms with E-state index in [1.807, 2.05) is 42.5 Å². The zero-order valence-electron chi connectivity index (χ0n) is 15.9. The molecule has 3 aromatic rings. The standard InChI is InChI=1S/C23H19Cl2NO3S/c24-18-7-4-8-19(25)23(18)30-15-17-9-11-21(20(26-17)10-12-22(27)28)29-14-13-16-5-2-1-3-6-16/h1-12H,13-15H2,(H,27,28). The van der Waals surface area contributed by atoms with E-state index in [9.17, 15) is 4.79 Å². The second-order valence-corrected chi connectivity index (χ2v) is 8.08. The first kappa shape index (κ1) is 22.2. The summed E-state index contributed by atoms with van der Waals surface area (Å²) in [6, 6.07) is 19.0. The fraction of sp³-hybridized carbons (Fsp3) is 0.130. The Balaban J connectivity index is 1.72. The second-order valence-electron chi connectivity index (χ2n) is 6.28. The molecule has 0 aliphatic carbocycles. The third kappa shape index (κ3) is 6.52. The first-order valence-electron chi connectivity index (χ1n) is 9.17. The van der Waals surface area contributed by atoms with Gasteiger partial charge in [-0.15, -0.1) is 11.8 Å². The molecule has 2 aromatic carbocycles. The summed E-state index contributed by atoms with van der Waals surface area (Å²) in [4.78, 5) is 16.3. The van der Waals surface area contributed by atoms with Crippen molar-refractivity contribution < 1.29 is 14.6 Å². The molecule has 1 N–H and O–H groups in total. The van der Waals surface area contributed by atoms with E-state index < -0.39 is 5.97 Å². The van der Waals surface area contributed by atoms with E-state index in [0.29, 0.717) is 33.8 Å². The molecular formula is C23H19Cl2NO3S. The lowest BCUT2D eigenvalue weighted by atomic mass is 10.2. The van der Waals surface area contributed by atoms with E-state index in [1.54, 1.807) is 18.2 Å². The highest BCUT2D eigenvalue weighted by atomic mass is 35.5. The Kier molecular flexibility index (Phi) is 8.20. The molecule has 1 aromatic heterocycles. The maximum atomic E-state index is 11.0. The highest BCUT2D eigenvalue weighted by Crippen LogP contribution is 2.35. The third-order valence-electron chi connectivity index (χ3n) is 4.10. The number of hydrogen-bond donors (Lipinski definition) is 1. The summed E-state index contributed by atoms with van der Waals surface area (Å²) in [6.45, 7) is 0.461. The van der Waals surface area contributed by atoms with Gasteiger partial charge in [-0.2, -0.15) is 0 Å². The van der Waals surface area contributed by atoms with Crippen molar-refractivity contribution in [1.29, 1.82) is 0 Å². The summed E-state index contributed by atoms with van der Waals surface area (Å²) in [7, 11) is 0. The Labute approximate surface area is 189 Å². The van der Waals surface area contributed by atoms with Gasteiger partial charge in [-0.1, -0.05) is 59.6 Å². The van der Waals surface area contributed by atoms with Crippen LogP contribution in [0.4, 0.5) is 0 Å². The molecule has 0 bridgehead atoms. The van der Waals surface area contributed by atoms with Gasteiger partial charge in [0.1, 0.15) is 11.4 Å². The molecule has 0 fully saturated rings. The summed E-state index contributed by atoms with van der Waals surface area (Å²) in [5.41, 5.74) is 2.39. The first-order valence-corrected chi connectivity index (χ1v) is 10.9. The Bertz CT molecular complexity index is 1020. The average molecular weight is 460 g/mol. The van der Waals surface area contributed by atoms with Crippen molar-refractivity contribution in [3.63, 3.8) is 0 Å². The molecule has 0 atom stereocenters. The number of ether oxygens (including phenoxy) is 1. The van der Waals surface area contributed by atoms with Gasteiger partial charge in [-0.25, -0.2) is 9.78 Å². The molecule has 7 heteroatoms. The van der Waals surface area contributed by atoms with E-state index in [1.165, 1.54) is 17.8 Å². The number of nitrogens with zero attached hydrogens (tertiary/aromatic N) is 1. The number of carboxylic acids is 1. The summed E-state index contributed by atoms with van der Waals surface area (Å²) in [5.74, 6) is 0.0180. The van der Waals surface area contributed by atoms with Gasteiger partial charge < -0.3 is 9.84 Å². The van der Waals surface area contributed by atoms with Crippen molar-refractivity contribution in [2.24, 2.45) is 0 Å². The van der Waals surface area contributed by atoms with Crippen LogP contribution in [0, 0.1) is 0 Å². The molecule has 4 nitrogen and oxygen atoms in total. The van der Waals surface area contributed by atoms with Gasteiger partial charge in [-0.3, -0.25) is 0 Å². The van der Waals surface area contributed by atoms with Crippen molar-refractivity contribution in [2.75, 3.05) is 6.61 Å². The minimum absolute atomic E-state index is 0.461. The van der Waals surface area contributed by atoms with Gasteiger partial charge in [-0.05, 0) is 35.9 Å². The van der Waals surface area contributed by atoms with Crippen LogP contribution < -0.4 is 4.74 Å². The number of aliphatic carboxylic acids is 1. The summed E-state index contributed by atoms with van der Waals surface area (Å²) in [5, 5.41) is 10.1. The molecule has 3 rings (SSSR count). The van der Waals surface area contributed by atoms with Gasteiger partial charge in [0.15, 0.2) is 0 Å². The number of benzene rings is 2. The number of hydrogen-bond acceptors (Lipinski definition) is 4. The van der Waals surface area contributed by atoms with Crippen LogP contribution in [-0.4, -0.2) is 22.7 Å². The fourth-order valence-corrected chi connectivity index (χ4v) is 4.26. The Morgan fingerprint density at radius 1 is 1.03 bits per heavy atom. The number of pyridine rings is 1. The van der Waals surface area contributed by atoms with Crippen LogP contribution in [0.25, 0.3) is 6.08 Å². The second kappa shape index (κ2) is 11.1. The molecule has 0 amide bonds. The van der Waals surface area contributed by atoms with E-state index in [0.717, 1.165) is 28.6 Å². The van der Waals surface area contributed by atoms with Gasteiger partial charge >= 0.3 is 5.97 Å². The normalized spacial score (nSPS) is 11.0. The van der Waals surface area contributed by atoms with E-state index >= 15 is 0 Å². The zero-order valence-corrected chi connectivity index (χ0v) is 18.3. The molecule has 0 saturated heterocycles. The highest BCUT2D eigenvalue weighted by molar-refractivity contribution is 7.98. The third-order valence-corrected chi connectivity index (χ3v) is 6.12. The number of carboxylic acid groups (broad SMARTS) is 1. The van der Waals surface area contributed by atoms with Crippen LogP contribution in [0.3, 0.4) is 0 Å². The number of aromatic nitrogens is 1. The lowest BCUT2D eigenvalue weighted by Gasteiger charge is -2.11. The molecule has 0 aliphatic rings. The van der Waals surface area contributed by atoms with Crippen LogP contribution in [0.5, 0.6) is 5.75 Å². The quantitative estimate of drug-likeness (QED) is 0.296. The van der Waals surface area contributed by atoms with Crippen LogP contribution in [0.15, 0.2) is 71.6 Å². The molecule has 1 heterocycles. The van der Waals surface area contributed by atoms with Crippen molar-refractivity contribution in [2.45, 2.75) is 17.1 Å². The van der Waals surface area contributed by atoms with Gasteiger partial charge in [0.05, 0.1) is 22.3 Å². The summed E-state index contributed by atoms with van der Waals surface area (Å²) < 4.78 is 5.87. The minimum atomic E-state index is -1.05. The molecule has 154 valence electrons. The van der Waals surface area contributed by atoms with Crippen molar-refractivity contribution in [3.8, 4) is 5.75 Å². The van der Waals surface area contributed by atoms with Crippen molar-refractivity contribution >= 4 is 47.0 Å². The molecule has 0 saturated carbocycles. The zero-order chi connectivity index (χ0) is 21.3. The topological polar surface area (TPSA) is 59.4 Å². The lowest BCUT2D eigenvalue weighted by molar-refractivity contribution is -0.131. The van der Waals surface area contributed by atoms with Crippen LogP contribution >= 0.6 is 35.0 Å². The van der Waals surface area contributed by atoms with Gasteiger partial charge in [0.25, 0.3) is 0 Å². The number of halogens is 2. The van der Waals surface area contributed by atoms with E-state index in [4.69, 9.17) is 33.0 Å². The van der Waals surface area contributed by atoms with Crippen LogP contribution in [0.1, 0.15) is 17.0 Å². The van der Waals surface area contributed by atoms with E-state index in [2.05, 4.69) is 4.98 Å². The summed E-state index contributed by atoms with van der Waals surface area (Å²) >= 11 is 13.9. The molecular weight excluding hydrogens is 441 g/mol. The summed E-state index contributed by atoms with van der Waals surface area (Å²) in [6.07, 6.45) is 3.23. The maximum absolute atomic E-state index is 11.0. The van der Waals surface area contributed by atoms with Gasteiger partial charge in [0, 0.05) is 23.1 Å². The van der Waals surface area contributed by atoms with Crippen molar-refractivity contribution in [1.82, 2.24) is 4.98 Å². The van der Waals surface area contributed by atoms with Crippen LogP contribution in [0.2, 0.25) is 10.0 Å². The monoisotopic (exact) mass is 459 g/mol. The molecule has 0 aliphatic heterocycles. The predicted molar refractivity (Wildman–Crippen MR) is 123 cm³/mol. The first-order chi connectivity index (χ1) is 14.5. The van der Waals surface area contributed by atoms with Crippen molar-refractivity contribution in [3.05, 3.63) is 93.7 Å². The molecule has 30 heavy (non-hydrogen) atoms. The highest BCUT2D eigenvalue weighted by Gasteiger charge is 2.10. The molecule has 0 radical (unpaired) electrons. The minimum Gasteiger partial charge on any atom is -0.491 e. The lowest BCUT2D eigenvalue weighted by Crippen LogP contribution is -2.04.